The van der Waals surface area contributed by atoms with Crippen molar-refractivity contribution in [2.75, 3.05) is 33.5 Å². The second-order valence-electron chi connectivity index (χ2n) is 4.76. The quantitative estimate of drug-likeness (QED) is 0.612. The van der Waals surface area contributed by atoms with Crippen LogP contribution in [0.3, 0.4) is 0 Å². The maximum atomic E-state index is 9.57. The first kappa shape index (κ1) is 17.8. The minimum absolute atomic E-state index is 0.280. The zero-order valence-electron chi connectivity index (χ0n) is 13.2. The summed E-state index contributed by atoms with van der Waals surface area (Å²) in [5.41, 5.74) is 1.12. The third-order valence-corrected chi connectivity index (χ3v) is 3.02. The molecular formula is C16H27NO4. The Balaban J connectivity index is 2.62. The van der Waals surface area contributed by atoms with Crippen LogP contribution in [-0.4, -0.2) is 44.7 Å². The molecule has 21 heavy (non-hydrogen) atoms. The van der Waals surface area contributed by atoms with Gasteiger partial charge in [-0.15, -0.1) is 0 Å². The molecule has 1 atom stereocenters. The summed E-state index contributed by atoms with van der Waals surface area (Å²) in [6.45, 7) is 6.97. The van der Waals surface area contributed by atoms with Crippen molar-refractivity contribution in [3.8, 4) is 11.5 Å². The molecule has 0 aromatic heterocycles. The fourth-order valence-electron chi connectivity index (χ4n) is 1.76. The first-order valence-electron chi connectivity index (χ1n) is 7.47. The van der Waals surface area contributed by atoms with E-state index in [1.807, 2.05) is 32.0 Å². The van der Waals surface area contributed by atoms with Gasteiger partial charge < -0.3 is 24.6 Å². The van der Waals surface area contributed by atoms with Crippen LogP contribution in [0, 0.1) is 0 Å². The monoisotopic (exact) mass is 297 g/mol. The molecule has 1 aromatic rings. The Bertz CT molecular complexity index is 398. The van der Waals surface area contributed by atoms with E-state index in [2.05, 4.69) is 5.32 Å². The van der Waals surface area contributed by atoms with E-state index in [9.17, 15) is 5.11 Å². The van der Waals surface area contributed by atoms with Crippen molar-refractivity contribution >= 4 is 0 Å². The van der Waals surface area contributed by atoms with E-state index in [1.54, 1.807) is 7.11 Å². The van der Waals surface area contributed by atoms with E-state index in [0.29, 0.717) is 31.1 Å². The van der Waals surface area contributed by atoms with E-state index in [-0.39, 0.29) is 6.61 Å². The maximum absolute atomic E-state index is 9.57. The fourth-order valence-corrected chi connectivity index (χ4v) is 1.76. The maximum Gasteiger partial charge on any atom is 0.161 e. The third kappa shape index (κ3) is 6.80. The highest BCUT2D eigenvalue weighted by Gasteiger charge is 2.09. The minimum Gasteiger partial charge on any atom is -0.490 e. The van der Waals surface area contributed by atoms with Crippen molar-refractivity contribution in [2.24, 2.45) is 0 Å². The van der Waals surface area contributed by atoms with Gasteiger partial charge in [-0.25, -0.2) is 0 Å². The standard InChI is InChI=1S/C16H27NO4/c1-4-14(18)12-21-15-7-6-13(10-16(15)20-5-2)11-17-8-9-19-3/h6-7,10,14,17-18H,4-5,8-9,11-12H2,1-3H3. The molecule has 1 rings (SSSR count). The number of hydrogen-bond donors (Lipinski definition) is 2. The van der Waals surface area contributed by atoms with Gasteiger partial charge in [0.2, 0.25) is 0 Å². The van der Waals surface area contributed by atoms with Crippen molar-refractivity contribution in [1.82, 2.24) is 5.32 Å². The lowest BCUT2D eigenvalue weighted by Crippen LogP contribution is -2.19. The van der Waals surface area contributed by atoms with E-state index in [1.165, 1.54) is 0 Å². The summed E-state index contributed by atoms with van der Waals surface area (Å²) >= 11 is 0. The predicted molar refractivity (Wildman–Crippen MR) is 83.0 cm³/mol. The van der Waals surface area contributed by atoms with Gasteiger partial charge in [0.05, 0.1) is 19.3 Å². The molecule has 5 heteroatoms. The summed E-state index contributed by atoms with van der Waals surface area (Å²) in [7, 11) is 1.69. The summed E-state index contributed by atoms with van der Waals surface area (Å²) < 4.78 is 16.2. The Morgan fingerprint density at radius 3 is 2.67 bits per heavy atom. The molecule has 0 heterocycles. The Labute approximate surface area is 127 Å². The average molecular weight is 297 g/mol. The molecule has 0 saturated carbocycles. The largest absolute Gasteiger partial charge is 0.490 e. The molecule has 1 aromatic carbocycles. The normalized spacial score (nSPS) is 12.2. The summed E-state index contributed by atoms with van der Waals surface area (Å²) in [4.78, 5) is 0. The Hall–Kier alpha value is -1.30. The number of hydrogen-bond acceptors (Lipinski definition) is 5. The van der Waals surface area contributed by atoms with Gasteiger partial charge in [-0.1, -0.05) is 13.0 Å². The van der Waals surface area contributed by atoms with Crippen LogP contribution in [0.2, 0.25) is 0 Å². The molecule has 5 nitrogen and oxygen atoms in total. The Kier molecular flexibility index (Phi) is 8.82. The number of aliphatic hydroxyl groups is 1. The highest BCUT2D eigenvalue weighted by Crippen LogP contribution is 2.28. The lowest BCUT2D eigenvalue weighted by atomic mass is 10.2. The number of ether oxygens (including phenoxy) is 3. The number of aliphatic hydroxyl groups excluding tert-OH is 1. The number of methoxy groups -OCH3 is 1. The minimum atomic E-state index is -0.449. The average Bonchev–Trinajstić information content (AvgIpc) is 2.50. The van der Waals surface area contributed by atoms with Crippen LogP contribution in [0.15, 0.2) is 18.2 Å². The third-order valence-electron chi connectivity index (χ3n) is 3.02. The van der Waals surface area contributed by atoms with Crippen LogP contribution >= 0.6 is 0 Å². The summed E-state index contributed by atoms with van der Waals surface area (Å²) in [5, 5.41) is 12.9. The lowest BCUT2D eigenvalue weighted by molar-refractivity contribution is 0.102. The van der Waals surface area contributed by atoms with Crippen molar-refractivity contribution in [1.29, 1.82) is 0 Å². The van der Waals surface area contributed by atoms with Gasteiger partial charge in [-0.05, 0) is 31.0 Å². The molecule has 2 N–H and O–H groups in total. The molecule has 0 bridgehead atoms. The van der Waals surface area contributed by atoms with Crippen LogP contribution in [0.1, 0.15) is 25.8 Å². The van der Waals surface area contributed by atoms with E-state index < -0.39 is 6.10 Å². The molecule has 0 aliphatic heterocycles. The summed E-state index contributed by atoms with van der Waals surface area (Å²) in [6.07, 6.45) is 0.223. The molecule has 0 radical (unpaired) electrons. The van der Waals surface area contributed by atoms with Gasteiger partial charge >= 0.3 is 0 Å². The second-order valence-corrected chi connectivity index (χ2v) is 4.76. The predicted octanol–water partition coefficient (Wildman–Crippen LogP) is 1.97. The van der Waals surface area contributed by atoms with Gasteiger partial charge in [-0.3, -0.25) is 0 Å². The summed E-state index contributed by atoms with van der Waals surface area (Å²) in [6, 6.07) is 5.85. The van der Waals surface area contributed by atoms with Crippen molar-refractivity contribution in [3.63, 3.8) is 0 Å². The lowest BCUT2D eigenvalue weighted by Gasteiger charge is -2.15. The van der Waals surface area contributed by atoms with Crippen molar-refractivity contribution in [3.05, 3.63) is 23.8 Å². The number of nitrogens with one attached hydrogen (secondary N) is 1. The van der Waals surface area contributed by atoms with Crippen LogP contribution in [0.5, 0.6) is 11.5 Å². The highest BCUT2D eigenvalue weighted by atomic mass is 16.5. The SMILES string of the molecule is CCOc1cc(CNCCOC)ccc1OCC(O)CC. The van der Waals surface area contributed by atoms with E-state index in [4.69, 9.17) is 14.2 Å². The zero-order chi connectivity index (χ0) is 15.5. The van der Waals surface area contributed by atoms with Crippen LogP contribution in [-0.2, 0) is 11.3 Å². The first-order chi connectivity index (χ1) is 10.2. The zero-order valence-corrected chi connectivity index (χ0v) is 13.2. The van der Waals surface area contributed by atoms with Crippen LogP contribution < -0.4 is 14.8 Å². The topological polar surface area (TPSA) is 60.0 Å². The van der Waals surface area contributed by atoms with Gasteiger partial charge in [0.25, 0.3) is 0 Å². The van der Waals surface area contributed by atoms with Crippen molar-refractivity contribution in [2.45, 2.75) is 32.9 Å². The van der Waals surface area contributed by atoms with Crippen LogP contribution in [0.4, 0.5) is 0 Å². The molecule has 0 aliphatic carbocycles. The Morgan fingerprint density at radius 1 is 1.19 bits per heavy atom. The molecule has 0 aliphatic rings. The molecule has 0 amide bonds. The van der Waals surface area contributed by atoms with Gasteiger partial charge in [0.15, 0.2) is 11.5 Å². The molecule has 1 unspecified atom stereocenters. The van der Waals surface area contributed by atoms with E-state index in [0.717, 1.165) is 18.7 Å². The molecule has 0 spiro atoms. The van der Waals surface area contributed by atoms with Gasteiger partial charge in [-0.2, -0.15) is 0 Å². The fraction of sp³-hybridized carbons (Fsp3) is 0.625. The van der Waals surface area contributed by atoms with E-state index >= 15 is 0 Å². The number of rotatable bonds is 11. The van der Waals surface area contributed by atoms with Crippen LogP contribution in [0.25, 0.3) is 0 Å². The summed E-state index contributed by atoms with van der Waals surface area (Å²) in [5.74, 6) is 1.39. The molecular weight excluding hydrogens is 270 g/mol. The van der Waals surface area contributed by atoms with Gasteiger partial charge in [0.1, 0.15) is 6.61 Å². The molecule has 0 fully saturated rings. The van der Waals surface area contributed by atoms with Crippen molar-refractivity contribution < 1.29 is 19.3 Å². The first-order valence-corrected chi connectivity index (χ1v) is 7.47. The molecule has 0 saturated heterocycles. The smallest absolute Gasteiger partial charge is 0.161 e. The highest BCUT2D eigenvalue weighted by molar-refractivity contribution is 5.43. The molecule has 120 valence electrons. The Morgan fingerprint density at radius 2 is 2.00 bits per heavy atom. The number of benzene rings is 1. The van der Waals surface area contributed by atoms with Gasteiger partial charge in [0, 0.05) is 20.2 Å². The second kappa shape index (κ2) is 10.4.